The molecule has 0 aromatic rings. The van der Waals surface area contributed by atoms with E-state index in [0.717, 1.165) is 24.1 Å². The van der Waals surface area contributed by atoms with Crippen LogP contribution in [0.4, 0.5) is 0 Å². The fourth-order valence-corrected chi connectivity index (χ4v) is 2.26. The minimum atomic E-state index is -0.621. The van der Waals surface area contributed by atoms with Crippen molar-refractivity contribution in [1.82, 2.24) is 5.32 Å². The van der Waals surface area contributed by atoms with Gasteiger partial charge in [0.25, 0.3) is 0 Å². The molecule has 76 valence electrons. The number of carbonyl (C=O) groups is 1. The summed E-state index contributed by atoms with van der Waals surface area (Å²) in [7, 11) is 0. The van der Waals surface area contributed by atoms with Crippen LogP contribution < -0.4 is 5.32 Å². The molecule has 0 bridgehead atoms. The second-order valence-electron chi connectivity index (χ2n) is 3.88. The molecule has 1 saturated heterocycles. The molecule has 0 aromatic carbocycles. The van der Waals surface area contributed by atoms with Gasteiger partial charge >= 0.3 is 0 Å². The third-order valence-electron chi connectivity index (χ3n) is 3.04. The van der Waals surface area contributed by atoms with E-state index in [1.54, 1.807) is 24.7 Å². The average molecular weight is 201 g/mol. The summed E-state index contributed by atoms with van der Waals surface area (Å²) in [5.74, 6) is 0.0118. The molecule has 0 atom stereocenters. The number of fused-ring (bicyclic) bond motifs is 2. The molecular formula is C12H11NO2. The quantitative estimate of drug-likeness (QED) is 0.648. The minimum absolute atomic E-state index is 0.0118. The molecule has 0 aromatic heterocycles. The van der Waals surface area contributed by atoms with Gasteiger partial charge < -0.3 is 10.1 Å². The smallest absolute Gasteiger partial charge is 0.243 e. The van der Waals surface area contributed by atoms with Crippen molar-refractivity contribution in [2.45, 2.75) is 12.8 Å². The molecule has 3 aliphatic rings. The predicted molar refractivity (Wildman–Crippen MR) is 55.3 cm³/mol. The largest absolute Gasteiger partial charge is 0.473 e. The fourth-order valence-electron chi connectivity index (χ4n) is 2.26. The van der Waals surface area contributed by atoms with Crippen LogP contribution in [-0.2, 0) is 9.53 Å². The lowest BCUT2D eigenvalue weighted by atomic mass is 9.79. The number of hydrogen-bond acceptors (Lipinski definition) is 2. The predicted octanol–water partition coefficient (Wildman–Crippen LogP) is 1.76. The van der Waals surface area contributed by atoms with E-state index in [4.69, 9.17) is 4.74 Å². The third kappa shape index (κ3) is 1.03. The van der Waals surface area contributed by atoms with E-state index in [1.807, 2.05) is 0 Å². The summed E-state index contributed by atoms with van der Waals surface area (Å²) in [4.78, 5) is 12.0. The van der Waals surface area contributed by atoms with Crippen molar-refractivity contribution in [3.8, 4) is 0 Å². The monoisotopic (exact) mass is 201 g/mol. The number of nitrogens with one attached hydrogen (secondary N) is 1. The summed E-state index contributed by atoms with van der Waals surface area (Å²) in [6.07, 6.45) is 13.0. The van der Waals surface area contributed by atoms with E-state index in [-0.39, 0.29) is 5.91 Å². The van der Waals surface area contributed by atoms with Gasteiger partial charge in [-0.2, -0.15) is 0 Å². The van der Waals surface area contributed by atoms with Gasteiger partial charge in [-0.1, -0.05) is 12.2 Å². The normalized spacial score (nSPS) is 25.5. The number of ether oxygens (including phenoxy) is 1. The van der Waals surface area contributed by atoms with E-state index in [2.05, 4.69) is 17.5 Å². The van der Waals surface area contributed by atoms with Crippen LogP contribution in [0.5, 0.6) is 0 Å². The van der Waals surface area contributed by atoms with Gasteiger partial charge in [0.15, 0.2) is 0 Å². The Labute approximate surface area is 87.8 Å². The van der Waals surface area contributed by atoms with Crippen LogP contribution in [0.3, 0.4) is 0 Å². The highest BCUT2D eigenvalue weighted by Crippen LogP contribution is 2.43. The zero-order chi connectivity index (χ0) is 10.3. The van der Waals surface area contributed by atoms with Crippen LogP contribution in [0.2, 0.25) is 0 Å². The van der Waals surface area contributed by atoms with Gasteiger partial charge in [0.1, 0.15) is 5.41 Å². The Hall–Kier alpha value is -1.77. The molecule has 3 rings (SSSR count). The molecule has 15 heavy (non-hydrogen) atoms. The summed E-state index contributed by atoms with van der Waals surface area (Å²) < 4.78 is 5.00. The van der Waals surface area contributed by atoms with Crippen molar-refractivity contribution in [3.05, 3.63) is 48.1 Å². The van der Waals surface area contributed by atoms with Gasteiger partial charge in [-0.05, 0) is 30.6 Å². The van der Waals surface area contributed by atoms with Gasteiger partial charge in [-0.25, -0.2) is 0 Å². The maximum Gasteiger partial charge on any atom is 0.243 e. The third-order valence-corrected chi connectivity index (χ3v) is 3.04. The van der Waals surface area contributed by atoms with E-state index in [0.29, 0.717) is 0 Å². The lowest BCUT2D eigenvalue weighted by Gasteiger charge is -2.22. The van der Waals surface area contributed by atoms with Gasteiger partial charge in [-0.3, -0.25) is 4.79 Å². The van der Waals surface area contributed by atoms with E-state index in [1.165, 1.54) is 0 Å². The van der Waals surface area contributed by atoms with Crippen molar-refractivity contribution in [2.24, 2.45) is 5.41 Å². The lowest BCUT2D eigenvalue weighted by Crippen LogP contribution is -2.29. The Kier molecular flexibility index (Phi) is 1.63. The SMILES string of the molecule is O=C1NC2=CCCC=C2C12C=COC=C2. The molecule has 1 aliphatic carbocycles. The summed E-state index contributed by atoms with van der Waals surface area (Å²) in [5, 5.41) is 2.91. The Balaban J connectivity index is 2.15. The topological polar surface area (TPSA) is 38.3 Å². The number of rotatable bonds is 0. The highest BCUT2D eigenvalue weighted by Gasteiger charge is 2.46. The summed E-state index contributed by atoms with van der Waals surface area (Å²) >= 11 is 0. The molecular weight excluding hydrogens is 190 g/mol. The van der Waals surface area contributed by atoms with Gasteiger partial charge in [-0.15, -0.1) is 0 Å². The van der Waals surface area contributed by atoms with Crippen LogP contribution in [0.25, 0.3) is 0 Å². The molecule has 3 heteroatoms. The van der Waals surface area contributed by atoms with Gasteiger partial charge in [0.2, 0.25) is 5.91 Å². The fraction of sp³-hybridized carbons (Fsp3) is 0.250. The second kappa shape index (κ2) is 2.86. The van der Waals surface area contributed by atoms with E-state index in [9.17, 15) is 4.79 Å². The molecule has 2 aliphatic heterocycles. The van der Waals surface area contributed by atoms with E-state index < -0.39 is 5.41 Å². The molecule has 1 amide bonds. The first-order valence-corrected chi connectivity index (χ1v) is 5.06. The number of allylic oxidation sites excluding steroid dienone is 3. The number of amides is 1. The van der Waals surface area contributed by atoms with Gasteiger partial charge in [0.05, 0.1) is 12.5 Å². The first-order chi connectivity index (χ1) is 7.33. The van der Waals surface area contributed by atoms with Crippen LogP contribution >= 0.6 is 0 Å². The van der Waals surface area contributed by atoms with Crippen molar-refractivity contribution in [3.63, 3.8) is 0 Å². The number of hydrogen-bond donors (Lipinski definition) is 1. The highest BCUT2D eigenvalue weighted by molar-refractivity contribution is 5.97. The molecule has 3 nitrogen and oxygen atoms in total. The summed E-state index contributed by atoms with van der Waals surface area (Å²) in [6.45, 7) is 0. The maximum absolute atomic E-state index is 12.0. The highest BCUT2D eigenvalue weighted by atomic mass is 16.5. The van der Waals surface area contributed by atoms with Crippen LogP contribution in [0.1, 0.15) is 12.8 Å². The first-order valence-electron chi connectivity index (χ1n) is 5.06. The molecule has 1 spiro atoms. The van der Waals surface area contributed by atoms with Crippen molar-refractivity contribution >= 4 is 5.91 Å². The minimum Gasteiger partial charge on any atom is -0.473 e. The van der Waals surface area contributed by atoms with Crippen LogP contribution in [-0.4, -0.2) is 5.91 Å². The molecule has 1 fully saturated rings. The summed E-state index contributed by atoms with van der Waals surface area (Å²) in [5.41, 5.74) is 1.40. The summed E-state index contributed by atoms with van der Waals surface area (Å²) in [6, 6.07) is 0. The Morgan fingerprint density at radius 2 is 1.93 bits per heavy atom. The molecule has 0 unspecified atom stereocenters. The lowest BCUT2D eigenvalue weighted by molar-refractivity contribution is -0.123. The van der Waals surface area contributed by atoms with E-state index >= 15 is 0 Å². The van der Waals surface area contributed by atoms with Crippen molar-refractivity contribution < 1.29 is 9.53 Å². The maximum atomic E-state index is 12.0. The zero-order valence-corrected chi connectivity index (χ0v) is 8.19. The van der Waals surface area contributed by atoms with Crippen molar-refractivity contribution in [1.29, 1.82) is 0 Å². The van der Waals surface area contributed by atoms with Gasteiger partial charge in [0, 0.05) is 5.70 Å². The number of carbonyl (C=O) groups excluding carboxylic acids is 1. The average Bonchev–Trinajstić information content (AvgIpc) is 2.55. The zero-order valence-electron chi connectivity index (χ0n) is 8.19. The van der Waals surface area contributed by atoms with Crippen LogP contribution in [0.15, 0.2) is 48.1 Å². The molecule has 2 heterocycles. The molecule has 0 saturated carbocycles. The van der Waals surface area contributed by atoms with Crippen molar-refractivity contribution in [2.75, 3.05) is 0 Å². The van der Waals surface area contributed by atoms with Crippen LogP contribution in [0, 0.1) is 5.41 Å². The Morgan fingerprint density at radius 1 is 1.20 bits per heavy atom. The first kappa shape index (κ1) is 8.53. The standard InChI is InChI=1S/C12H11NO2/c14-11-12(5-7-15-8-6-12)9-3-1-2-4-10(9)13-11/h3-8H,1-2H2,(H,13,14). The Bertz CT molecular complexity index is 429. The molecule has 0 radical (unpaired) electrons. The molecule has 1 N–H and O–H groups in total. The Morgan fingerprint density at radius 3 is 2.73 bits per heavy atom. The second-order valence-corrected chi connectivity index (χ2v) is 3.88.